The number of amides is 1. The lowest BCUT2D eigenvalue weighted by Crippen LogP contribution is -2.26. The number of ether oxygens (including phenoxy) is 2. The Morgan fingerprint density at radius 1 is 1.00 bits per heavy atom. The summed E-state index contributed by atoms with van der Waals surface area (Å²) < 4.78 is 12.6. The van der Waals surface area contributed by atoms with Crippen LogP contribution >= 0.6 is 24.8 Å². The summed E-state index contributed by atoms with van der Waals surface area (Å²) in [5.41, 5.74) is 3.04. The van der Waals surface area contributed by atoms with E-state index < -0.39 is 0 Å². The van der Waals surface area contributed by atoms with E-state index in [9.17, 15) is 9.59 Å². The average Bonchev–Trinajstić information content (AvgIpc) is 3.37. The molecule has 8 nitrogen and oxygen atoms in total. The normalized spacial score (nSPS) is 12.5. The van der Waals surface area contributed by atoms with Crippen LogP contribution in [-0.4, -0.2) is 41.9 Å². The highest BCUT2D eigenvalue weighted by molar-refractivity contribution is 5.89. The van der Waals surface area contributed by atoms with Crippen molar-refractivity contribution in [2.45, 2.75) is 25.9 Å². The molecule has 3 heterocycles. The molecular weight excluding hydrogens is 539 g/mol. The van der Waals surface area contributed by atoms with Crippen molar-refractivity contribution in [2.24, 2.45) is 0 Å². The molecule has 5 rings (SSSR count). The van der Waals surface area contributed by atoms with Gasteiger partial charge in [0.15, 0.2) is 0 Å². The van der Waals surface area contributed by atoms with E-state index in [4.69, 9.17) is 9.47 Å². The van der Waals surface area contributed by atoms with Gasteiger partial charge >= 0.3 is 6.09 Å². The third-order valence-corrected chi connectivity index (χ3v) is 6.38. The maximum atomic E-state index is 12.6. The Morgan fingerprint density at radius 2 is 1.82 bits per heavy atom. The molecular formula is C29H32Cl2N4O4. The van der Waals surface area contributed by atoms with Crippen molar-refractivity contribution in [2.75, 3.05) is 31.2 Å². The topological polar surface area (TPSA) is 85.7 Å². The van der Waals surface area contributed by atoms with Crippen molar-refractivity contribution in [3.05, 3.63) is 101 Å². The van der Waals surface area contributed by atoms with Gasteiger partial charge in [0.2, 0.25) is 0 Å². The molecule has 1 N–H and O–H groups in total. The molecule has 1 aliphatic heterocycles. The minimum absolute atomic E-state index is 0. The lowest BCUT2D eigenvalue weighted by atomic mass is 10.1. The van der Waals surface area contributed by atoms with Gasteiger partial charge in [-0.1, -0.05) is 18.2 Å². The molecule has 39 heavy (non-hydrogen) atoms. The fraction of sp³-hybridized carbons (Fsp3) is 0.276. The number of benzene rings is 2. The van der Waals surface area contributed by atoms with Crippen LogP contribution in [0.5, 0.6) is 5.75 Å². The first-order valence-corrected chi connectivity index (χ1v) is 12.6. The molecule has 0 atom stereocenters. The zero-order chi connectivity index (χ0) is 25.5. The van der Waals surface area contributed by atoms with Gasteiger partial charge < -0.3 is 19.4 Å². The van der Waals surface area contributed by atoms with E-state index in [0.717, 1.165) is 46.3 Å². The number of rotatable bonds is 11. The molecule has 0 radical (unpaired) electrons. The summed E-state index contributed by atoms with van der Waals surface area (Å²) in [6.45, 7) is 3.60. The van der Waals surface area contributed by atoms with E-state index >= 15 is 0 Å². The second-order valence-electron chi connectivity index (χ2n) is 8.95. The summed E-state index contributed by atoms with van der Waals surface area (Å²) in [7, 11) is 0. The predicted octanol–water partition coefficient (Wildman–Crippen LogP) is 5.00. The zero-order valence-corrected chi connectivity index (χ0v) is 23.1. The number of aryl methyl sites for hydroxylation is 1. The molecule has 1 aliphatic rings. The molecule has 4 aromatic rings. The van der Waals surface area contributed by atoms with Crippen molar-refractivity contribution in [1.82, 2.24) is 14.9 Å². The molecule has 206 valence electrons. The van der Waals surface area contributed by atoms with Gasteiger partial charge in [-0.25, -0.2) is 4.79 Å². The highest BCUT2D eigenvalue weighted by Crippen LogP contribution is 2.22. The number of fused-ring (bicyclic) bond motifs is 1. The first kappa shape index (κ1) is 30.0. The van der Waals surface area contributed by atoms with Gasteiger partial charge in [0.05, 0.1) is 13.2 Å². The van der Waals surface area contributed by atoms with Crippen molar-refractivity contribution < 1.29 is 14.3 Å². The van der Waals surface area contributed by atoms with Crippen LogP contribution < -0.4 is 20.5 Å². The number of carbonyl (C=O) groups is 1. The van der Waals surface area contributed by atoms with Gasteiger partial charge in [-0.3, -0.25) is 14.7 Å². The van der Waals surface area contributed by atoms with Gasteiger partial charge in [-0.05, 0) is 72.3 Å². The standard InChI is InChI=1S/C29H30N4O4.2ClH/c34-28-27-6-2-1-4-23(27)12-15-32(28)16-14-30-21-22-11-13-31-24(20-22)5-3-18-36-26-9-7-25(8-10-26)33-17-19-37-29(33)35;;/h1-2,4,6-13,15,20,30H,3,5,14,16-19,21H2;2*1H. The number of anilines is 1. The van der Waals surface area contributed by atoms with E-state index in [-0.39, 0.29) is 36.5 Å². The van der Waals surface area contributed by atoms with Crippen LogP contribution in [0.4, 0.5) is 10.5 Å². The fourth-order valence-corrected chi connectivity index (χ4v) is 4.41. The average molecular weight is 572 g/mol. The molecule has 0 unspecified atom stereocenters. The summed E-state index contributed by atoms with van der Waals surface area (Å²) in [5, 5.41) is 5.14. The van der Waals surface area contributed by atoms with E-state index in [1.807, 2.05) is 73.1 Å². The Morgan fingerprint density at radius 3 is 2.62 bits per heavy atom. The summed E-state index contributed by atoms with van der Waals surface area (Å²) in [4.78, 5) is 30.4. The minimum atomic E-state index is -0.306. The van der Waals surface area contributed by atoms with Gasteiger partial charge in [-0.15, -0.1) is 24.8 Å². The molecule has 1 saturated heterocycles. The van der Waals surface area contributed by atoms with Crippen molar-refractivity contribution in [3.8, 4) is 5.75 Å². The van der Waals surface area contributed by atoms with Crippen LogP contribution in [0, 0.1) is 0 Å². The van der Waals surface area contributed by atoms with Crippen LogP contribution in [0.1, 0.15) is 17.7 Å². The maximum absolute atomic E-state index is 12.6. The van der Waals surface area contributed by atoms with Gasteiger partial charge in [0, 0.05) is 48.8 Å². The summed E-state index contributed by atoms with van der Waals surface area (Å²) in [6.07, 6.45) is 5.05. The van der Waals surface area contributed by atoms with E-state index in [2.05, 4.69) is 16.4 Å². The SMILES string of the molecule is Cl.Cl.O=C1OCCN1c1ccc(OCCCc2cc(CNCCn3ccc4ccccc4c3=O)ccn2)cc1. The summed E-state index contributed by atoms with van der Waals surface area (Å²) >= 11 is 0. The van der Waals surface area contributed by atoms with E-state index in [1.165, 1.54) is 0 Å². The molecule has 0 saturated carbocycles. The van der Waals surface area contributed by atoms with Crippen LogP contribution in [0.25, 0.3) is 10.8 Å². The third-order valence-electron chi connectivity index (χ3n) is 6.38. The largest absolute Gasteiger partial charge is 0.494 e. The second-order valence-corrected chi connectivity index (χ2v) is 8.95. The van der Waals surface area contributed by atoms with Crippen molar-refractivity contribution in [1.29, 1.82) is 0 Å². The Balaban J connectivity index is 0.00000210. The Kier molecular flexibility index (Phi) is 11.2. The zero-order valence-electron chi connectivity index (χ0n) is 21.5. The van der Waals surface area contributed by atoms with Crippen molar-refractivity contribution >= 4 is 47.4 Å². The van der Waals surface area contributed by atoms with Crippen molar-refractivity contribution in [3.63, 3.8) is 0 Å². The number of pyridine rings is 2. The molecule has 0 aliphatic carbocycles. The van der Waals surface area contributed by atoms with Crippen LogP contribution in [0.2, 0.25) is 0 Å². The predicted molar refractivity (Wildman–Crippen MR) is 158 cm³/mol. The Hall–Kier alpha value is -3.59. The third kappa shape index (κ3) is 7.72. The minimum Gasteiger partial charge on any atom is -0.494 e. The number of nitrogens with one attached hydrogen (secondary N) is 1. The lowest BCUT2D eigenvalue weighted by Gasteiger charge is -2.13. The smallest absolute Gasteiger partial charge is 0.414 e. The first-order chi connectivity index (χ1) is 18.2. The molecule has 0 bridgehead atoms. The second kappa shape index (κ2) is 14.5. The number of hydrogen-bond donors (Lipinski definition) is 1. The van der Waals surface area contributed by atoms with Crippen LogP contribution in [-0.2, 0) is 24.2 Å². The number of hydrogen-bond acceptors (Lipinski definition) is 6. The van der Waals surface area contributed by atoms with E-state index in [0.29, 0.717) is 39.4 Å². The quantitative estimate of drug-likeness (QED) is 0.255. The summed E-state index contributed by atoms with van der Waals surface area (Å²) in [6, 6.07) is 21.3. The summed E-state index contributed by atoms with van der Waals surface area (Å²) in [5.74, 6) is 0.771. The molecule has 2 aromatic heterocycles. The molecule has 2 aromatic carbocycles. The molecule has 0 spiro atoms. The fourth-order valence-electron chi connectivity index (χ4n) is 4.41. The Labute approximate surface area is 239 Å². The number of halogens is 2. The van der Waals surface area contributed by atoms with Crippen LogP contribution in [0.15, 0.2) is 83.9 Å². The first-order valence-electron chi connectivity index (χ1n) is 12.6. The monoisotopic (exact) mass is 570 g/mol. The van der Waals surface area contributed by atoms with Gasteiger partial charge in [-0.2, -0.15) is 0 Å². The number of cyclic esters (lactones) is 1. The number of aromatic nitrogens is 2. The lowest BCUT2D eigenvalue weighted by molar-refractivity contribution is 0.181. The van der Waals surface area contributed by atoms with E-state index in [1.54, 1.807) is 9.47 Å². The van der Waals surface area contributed by atoms with Gasteiger partial charge in [0.25, 0.3) is 5.56 Å². The molecule has 10 heteroatoms. The Bertz CT molecular complexity index is 1430. The highest BCUT2D eigenvalue weighted by atomic mass is 35.5. The molecule has 1 fully saturated rings. The molecule has 1 amide bonds. The number of carbonyl (C=O) groups excluding carboxylic acids is 1. The highest BCUT2D eigenvalue weighted by Gasteiger charge is 2.23. The number of nitrogens with zero attached hydrogens (tertiary/aromatic N) is 3. The maximum Gasteiger partial charge on any atom is 0.414 e. The van der Waals surface area contributed by atoms with Gasteiger partial charge in [0.1, 0.15) is 12.4 Å². The van der Waals surface area contributed by atoms with Crippen LogP contribution in [0.3, 0.4) is 0 Å².